The Hall–Kier alpha value is -1.89. The summed E-state index contributed by atoms with van der Waals surface area (Å²) in [6.07, 6.45) is 5.40. The van der Waals surface area contributed by atoms with Gasteiger partial charge in [-0.3, -0.25) is 0 Å². The van der Waals surface area contributed by atoms with Crippen molar-refractivity contribution in [2.24, 2.45) is 0 Å². The third kappa shape index (κ3) is 1.90. The number of rotatable bonds is 2. The minimum absolute atomic E-state index is 0.346. The molecule has 0 unspecified atom stereocenters. The normalized spacial score (nSPS) is 26.6. The fourth-order valence-corrected chi connectivity index (χ4v) is 2.89. The van der Waals surface area contributed by atoms with Crippen molar-refractivity contribution >= 4 is 6.01 Å². The molecule has 0 atom stereocenters. The zero-order valence-corrected chi connectivity index (χ0v) is 10.5. The summed E-state index contributed by atoms with van der Waals surface area (Å²) in [5, 5.41) is 8.16. The van der Waals surface area contributed by atoms with Gasteiger partial charge in [0.05, 0.1) is 6.20 Å². The average molecular weight is 261 g/mol. The lowest BCUT2D eigenvalue weighted by Crippen LogP contribution is -2.38. The summed E-state index contributed by atoms with van der Waals surface area (Å²) in [6, 6.07) is 1.10. The van der Waals surface area contributed by atoms with E-state index in [4.69, 9.17) is 8.83 Å². The van der Waals surface area contributed by atoms with Crippen LogP contribution in [0.25, 0.3) is 11.8 Å². The summed E-state index contributed by atoms with van der Waals surface area (Å²) < 4.78 is 10.9. The first-order valence-electron chi connectivity index (χ1n) is 6.62. The molecule has 0 N–H and O–H groups in total. The number of hydrogen-bond donors (Lipinski definition) is 0. The molecule has 2 aromatic rings. The molecule has 0 amide bonds. The van der Waals surface area contributed by atoms with E-state index in [9.17, 15) is 0 Å². The molecule has 100 valence electrons. The Morgan fingerprint density at radius 1 is 1.05 bits per heavy atom. The van der Waals surface area contributed by atoms with Gasteiger partial charge in [-0.25, -0.2) is 4.98 Å². The van der Waals surface area contributed by atoms with Gasteiger partial charge in [0.25, 0.3) is 5.89 Å². The second kappa shape index (κ2) is 4.34. The molecule has 7 heteroatoms. The maximum Gasteiger partial charge on any atom is 0.318 e. The highest BCUT2D eigenvalue weighted by Gasteiger charge is 2.32. The first kappa shape index (κ1) is 11.0. The van der Waals surface area contributed by atoms with Crippen LogP contribution >= 0.6 is 0 Å². The van der Waals surface area contributed by atoms with Gasteiger partial charge >= 0.3 is 11.9 Å². The Balaban J connectivity index is 1.62. The zero-order chi connectivity index (χ0) is 12.7. The summed E-state index contributed by atoms with van der Waals surface area (Å²) in [5.74, 6) is 0.723. The molecule has 7 nitrogen and oxygen atoms in total. The summed E-state index contributed by atoms with van der Waals surface area (Å²) in [7, 11) is 0. The van der Waals surface area contributed by atoms with Crippen molar-refractivity contribution in [2.75, 3.05) is 31.1 Å². The third-order valence-electron chi connectivity index (χ3n) is 3.93. The van der Waals surface area contributed by atoms with Crippen molar-refractivity contribution < 1.29 is 8.83 Å². The molecule has 19 heavy (non-hydrogen) atoms. The molecule has 2 aromatic heterocycles. The van der Waals surface area contributed by atoms with Crippen LogP contribution in [0.3, 0.4) is 0 Å². The lowest BCUT2D eigenvalue weighted by molar-refractivity contribution is 0.249. The predicted octanol–water partition coefficient (Wildman–Crippen LogP) is 1.01. The maximum absolute atomic E-state index is 5.70. The van der Waals surface area contributed by atoms with Crippen LogP contribution in [0.15, 0.2) is 21.3 Å². The van der Waals surface area contributed by atoms with Gasteiger partial charge in [-0.15, -0.1) is 5.10 Å². The highest BCUT2D eigenvalue weighted by atomic mass is 16.4. The fourth-order valence-electron chi connectivity index (χ4n) is 2.89. The lowest BCUT2D eigenvalue weighted by Gasteiger charge is -2.29. The highest BCUT2D eigenvalue weighted by Crippen LogP contribution is 2.27. The molecule has 0 spiro atoms. The molecule has 3 fully saturated rings. The van der Waals surface area contributed by atoms with E-state index in [0.29, 0.717) is 23.8 Å². The molecule has 2 bridgehead atoms. The first-order valence-corrected chi connectivity index (χ1v) is 6.62. The average Bonchev–Trinajstić information content (AvgIpc) is 3.05. The van der Waals surface area contributed by atoms with Crippen molar-refractivity contribution in [3.63, 3.8) is 0 Å². The Morgan fingerprint density at radius 3 is 2.74 bits per heavy atom. The molecule has 0 aliphatic carbocycles. The van der Waals surface area contributed by atoms with Gasteiger partial charge in [-0.2, -0.15) is 0 Å². The molecule has 3 aliphatic heterocycles. The molecule has 3 aliphatic rings. The van der Waals surface area contributed by atoms with E-state index in [-0.39, 0.29) is 0 Å². The van der Waals surface area contributed by atoms with E-state index in [1.54, 1.807) is 6.20 Å². The van der Waals surface area contributed by atoms with E-state index in [2.05, 4.69) is 25.0 Å². The first-order chi connectivity index (χ1) is 9.40. The molecule has 3 saturated heterocycles. The van der Waals surface area contributed by atoms with Crippen LogP contribution in [-0.2, 0) is 0 Å². The topological polar surface area (TPSA) is 71.4 Å². The Bertz CT molecular complexity index is 544. The van der Waals surface area contributed by atoms with Gasteiger partial charge in [-0.05, 0) is 12.8 Å². The Kier molecular flexibility index (Phi) is 2.51. The van der Waals surface area contributed by atoms with Crippen molar-refractivity contribution in [3.05, 3.63) is 12.5 Å². The number of anilines is 1. The van der Waals surface area contributed by atoms with Gasteiger partial charge in [-0.1, -0.05) is 5.10 Å². The van der Waals surface area contributed by atoms with E-state index < -0.39 is 0 Å². The van der Waals surface area contributed by atoms with E-state index in [1.165, 1.54) is 19.4 Å². The molecule has 0 aromatic carbocycles. The molecule has 5 heterocycles. The lowest BCUT2D eigenvalue weighted by atomic mass is 10.1. The summed E-state index contributed by atoms with van der Waals surface area (Å²) in [5.41, 5.74) is 0. The number of nitrogens with zero attached hydrogens (tertiary/aromatic N) is 5. The van der Waals surface area contributed by atoms with Crippen LogP contribution in [0, 0.1) is 0 Å². The fraction of sp³-hybridized carbons (Fsp3) is 0.583. The van der Waals surface area contributed by atoms with Crippen molar-refractivity contribution in [3.8, 4) is 11.8 Å². The monoisotopic (exact) mass is 261 g/mol. The van der Waals surface area contributed by atoms with E-state index in [0.717, 1.165) is 25.9 Å². The molecule has 0 saturated carbocycles. The number of fused-ring (bicyclic) bond motifs is 4. The molecular formula is C12H15N5O2. The Labute approximate surface area is 110 Å². The maximum atomic E-state index is 5.70. The standard InChI is InChI=1S/C12H15N5O2/c1-4-16-5-2-9(1)17(7-6-16)12-15-14-11(19-12)10-13-3-8-18-10/h3,8-9H,1-2,4-7H2. The smallest absolute Gasteiger partial charge is 0.318 e. The number of oxazole rings is 1. The van der Waals surface area contributed by atoms with Gasteiger partial charge in [0, 0.05) is 32.2 Å². The minimum atomic E-state index is 0.346. The van der Waals surface area contributed by atoms with Crippen molar-refractivity contribution in [1.29, 1.82) is 0 Å². The second-order valence-corrected chi connectivity index (χ2v) is 4.99. The summed E-state index contributed by atoms with van der Waals surface area (Å²) in [6.45, 7) is 4.34. The molecule has 5 rings (SSSR count). The van der Waals surface area contributed by atoms with Gasteiger partial charge < -0.3 is 18.6 Å². The summed E-state index contributed by atoms with van der Waals surface area (Å²) in [4.78, 5) is 8.74. The molecule has 0 radical (unpaired) electrons. The SMILES string of the molecule is c1coc(-c2nnc(N3CCN4CCC3CC4)o2)n1. The van der Waals surface area contributed by atoms with Crippen LogP contribution in [0.5, 0.6) is 0 Å². The van der Waals surface area contributed by atoms with Crippen LogP contribution < -0.4 is 4.90 Å². The quantitative estimate of drug-likeness (QED) is 0.798. The van der Waals surface area contributed by atoms with Crippen LogP contribution in [-0.4, -0.2) is 52.3 Å². The van der Waals surface area contributed by atoms with Crippen LogP contribution in [0.1, 0.15) is 12.8 Å². The minimum Gasteiger partial charge on any atom is -0.441 e. The predicted molar refractivity (Wildman–Crippen MR) is 66.6 cm³/mol. The van der Waals surface area contributed by atoms with Gasteiger partial charge in [0.2, 0.25) is 0 Å². The van der Waals surface area contributed by atoms with Gasteiger partial charge in [0.1, 0.15) is 6.26 Å². The zero-order valence-electron chi connectivity index (χ0n) is 10.5. The summed E-state index contributed by atoms with van der Waals surface area (Å²) >= 11 is 0. The van der Waals surface area contributed by atoms with Crippen LogP contribution in [0.4, 0.5) is 6.01 Å². The number of hydrogen-bond acceptors (Lipinski definition) is 7. The largest absolute Gasteiger partial charge is 0.441 e. The van der Waals surface area contributed by atoms with Gasteiger partial charge in [0.15, 0.2) is 0 Å². The van der Waals surface area contributed by atoms with Crippen molar-refractivity contribution in [2.45, 2.75) is 18.9 Å². The van der Waals surface area contributed by atoms with E-state index >= 15 is 0 Å². The van der Waals surface area contributed by atoms with E-state index in [1.807, 2.05) is 0 Å². The molecular weight excluding hydrogens is 246 g/mol. The highest BCUT2D eigenvalue weighted by molar-refractivity contribution is 5.39. The number of aromatic nitrogens is 3. The van der Waals surface area contributed by atoms with Crippen LogP contribution in [0.2, 0.25) is 0 Å². The third-order valence-corrected chi connectivity index (χ3v) is 3.93. The number of piperidine rings is 1. The second-order valence-electron chi connectivity index (χ2n) is 4.99. The van der Waals surface area contributed by atoms with Crippen molar-refractivity contribution in [1.82, 2.24) is 20.1 Å². The Morgan fingerprint density at radius 2 is 1.95 bits per heavy atom.